The first-order valence-electron chi connectivity index (χ1n) is 7.02. The van der Waals surface area contributed by atoms with Crippen LogP contribution in [0, 0.1) is 0 Å². The van der Waals surface area contributed by atoms with Gasteiger partial charge in [0.05, 0.1) is 5.75 Å². The highest BCUT2D eigenvalue weighted by Gasteiger charge is 2.12. The molecule has 1 rings (SSSR count). The normalized spacial score (nSPS) is 11.8. The maximum atomic E-state index is 11.7. The highest BCUT2D eigenvalue weighted by atomic mass is 32.2. The molecule has 0 fully saturated rings. The molecule has 0 amide bonds. The lowest BCUT2D eigenvalue weighted by Gasteiger charge is -2.06. The summed E-state index contributed by atoms with van der Waals surface area (Å²) in [6, 6.07) is 6.07. The zero-order chi connectivity index (χ0) is 16.4. The number of hydrogen-bond acceptors (Lipinski definition) is 5. The van der Waals surface area contributed by atoms with E-state index in [0.717, 1.165) is 6.42 Å². The molecule has 0 aliphatic rings. The quantitative estimate of drug-likeness (QED) is 0.503. The molecule has 0 saturated carbocycles. The van der Waals surface area contributed by atoms with Gasteiger partial charge in [0, 0.05) is 23.0 Å². The van der Waals surface area contributed by atoms with Gasteiger partial charge in [-0.1, -0.05) is 18.6 Å². The van der Waals surface area contributed by atoms with Crippen LogP contribution in [0.1, 0.15) is 36.0 Å². The van der Waals surface area contributed by atoms with Gasteiger partial charge in [0.25, 0.3) is 0 Å². The van der Waals surface area contributed by atoms with Crippen molar-refractivity contribution in [1.82, 2.24) is 0 Å². The first-order valence-corrected chi connectivity index (χ1v) is 8.51. The number of phenolic OH excluding ortho intramolecular Hbond substituents is 1. The fourth-order valence-corrected chi connectivity index (χ4v) is 2.77. The number of esters is 1. The monoisotopic (exact) mass is 328 g/mol. The summed E-state index contributed by atoms with van der Waals surface area (Å²) in [6.45, 7) is 0.0227. The van der Waals surface area contributed by atoms with E-state index in [1.54, 1.807) is 12.1 Å². The van der Waals surface area contributed by atoms with E-state index in [2.05, 4.69) is 0 Å². The Balaban J connectivity index is 2.16. The van der Waals surface area contributed by atoms with Gasteiger partial charge < -0.3 is 14.9 Å². The minimum atomic E-state index is -1.10. The fraction of sp³-hybridized carbons (Fsp3) is 0.467. The Bertz CT molecular complexity index is 529. The highest BCUT2D eigenvalue weighted by molar-refractivity contribution is 7.84. The number of rotatable bonds is 10. The van der Waals surface area contributed by atoms with Crippen molar-refractivity contribution >= 4 is 22.7 Å². The van der Waals surface area contributed by atoms with Gasteiger partial charge in [0.1, 0.15) is 17.9 Å². The number of carbonyl (C=O) groups is 2. The minimum Gasteiger partial charge on any atom is -0.507 e. The Labute approximate surface area is 131 Å². The fourth-order valence-electron chi connectivity index (χ4n) is 1.77. The molecule has 1 aromatic rings. The molecule has 0 heterocycles. The smallest absolute Gasteiger partial charge is 0.341 e. The van der Waals surface area contributed by atoms with Crippen molar-refractivity contribution in [2.75, 3.05) is 18.1 Å². The Morgan fingerprint density at radius 2 is 1.82 bits per heavy atom. The van der Waals surface area contributed by atoms with Crippen molar-refractivity contribution in [3.8, 4) is 5.75 Å². The topological polar surface area (TPSA) is 101 Å². The molecule has 6 nitrogen and oxygen atoms in total. The molecular weight excluding hydrogens is 308 g/mol. The zero-order valence-electron chi connectivity index (χ0n) is 12.2. The zero-order valence-corrected chi connectivity index (χ0v) is 13.0. The number of aliphatic carboxylic acids is 1. The third-order valence-corrected chi connectivity index (χ3v) is 4.30. The van der Waals surface area contributed by atoms with Crippen LogP contribution >= 0.6 is 0 Å². The lowest BCUT2D eigenvalue weighted by Crippen LogP contribution is -2.13. The van der Waals surface area contributed by atoms with Gasteiger partial charge in [-0.15, -0.1) is 0 Å². The minimum absolute atomic E-state index is 0.0227. The van der Waals surface area contributed by atoms with Crippen LogP contribution in [-0.4, -0.2) is 44.5 Å². The number of carboxylic acid groups (broad SMARTS) is 1. The summed E-state index contributed by atoms with van der Waals surface area (Å²) in [4.78, 5) is 22.0. The number of phenols is 1. The molecule has 2 N–H and O–H groups in total. The molecule has 0 spiro atoms. The summed E-state index contributed by atoms with van der Waals surface area (Å²) in [5.41, 5.74) is 0.0851. The van der Waals surface area contributed by atoms with Crippen LogP contribution in [0.2, 0.25) is 0 Å². The van der Waals surface area contributed by atoms with E-state index >= 15 is 0 Å². The molecular formula is C15H20O6S. The van der Waals surface area contributed by atoms with Crippen LogP contribution in [0.5, 0.6) is 5.75 Å². The highest BCUT2D eigenvalue weighted by Crippen LogP contribution is 2.16. The van der Waals surface area contributed by atoms with Crippen molar-refractivity contribution in [2.24, 2.45) is 0 Å². The molecule has 122 valence electrons. The van der Waals surface area contributed by atoms with Crippen molar-refractivity contribution in [2.45, 2.75) is 25.7 Å². The van der Waals surface area contributed by atoms with Gasteiger partial charge in [0.2, 0.25) is 0 Å². The lowest BCUT2D eigenvalue weighted by atomic mass is 10.2. The maximum absolute atomic E-state index is 11.7. The first kappa shape index (κ1) is 18.2. The summed E-state index contributed by atoms with van der Waals surface area (Å²) in [7, 11) is -1.10. The van der Waals surface area contributed by atoms with Crippen LogP contribution in [-0.2, 0) is 20.3 Å². The van der Waals surface area contributed by atoms with Gasteiger partial charge in [0.15, 0.2) is 0 Å². The predicted molar refractivity (Wildman–Crippen MR) is 82.4 cm³/mol. The number of ether oxygens (including phenoxy) is 1. The van der Waals surface area contributed by atoms with Crippen LogP contribution in [0.3, 0.4) is 0 Å². The summed E-state index contributed by atoms with van der Waals surface area (Å²) in [5, 5.41) is 18.0. The molecule has 0 saturated heterocycles. The largest absolute Gasteiger partial charge is 0.507 e. The molecule has 0 aliphatic carbocycles. The second-order valence-electron chi connectivity index (χ2n) is 4.71. The van der Waals surface area contributed by atoms with E-state index in [-0.39, 0.29) is 30.1 Å². The van der Waals surface area contributed by atoms with Crippen molar-refractivity contribution < 1.29 is 28.7 Å². The summed E-state index contributed by atoms with van der Waals surface area (Å²) in [6.07, 6.45) is 2.11. The number of carbonyl (C=O) groups excluding carboxylic acids is 1. The molecule has 22 heavy (non-hydrogen) atoms. The van der Waals surface area contributed by atoms with E-state index in [0.29, 0.717) is 18.6 Å². The van der Waals surface area contributed by atoms with Gasteiger partial charge in [-0.3, -0.25) is 9.00 Å². The van der Waals surface area contributed by atoms with Gasteiger partial charge in [-0.2, -0.15) is 0 Å². The molecule has 1 aromatic carbocycles. The average Bonchev–Trinajstić information content (AvgIpc) is 2.47. The molecule has 0 aromatic heterocycles. The van der Waals surface area contributed by atoms with E-state index in [9.17, 15) is 18.9 Å². The summed E-state index contributed by atoms with van der Waals surface area (Å²) in [5.74, 6) is -0.910. The number of aromatic hydroxyl groups is 1. The third-order valence-electron chi connectivity index (χ3n) is 2.93. The molecule has 0 aliphatic heterocycles. The van der Waals surface area contributed by atoms with Crippen molar-refractivity contribution in [3.63, 3.8) is 0 Å². The molecule has 1 atom stereocenters. The molecule has 7 heteroatoms. The van der Waals surface area contributed by atoms with Crippen molar-refractivity contribution in [1.29, 1.82) is 0 Å². The average molecular weight is 328 g/mol. The number of hydrogen-bond donors (Lipinski definition) is 2. The van der Waals surface area contributed by atoms with E-state index in [1.807, 2.05) is 0 Å². The molecule has 0 radical (unpaired) electrons. The van der Waals surface area contributed by atoms with Gasteiger partial charge in [-0.25, -0.2) is 4.79 Å². The number of benzene rings is 1. The Kier molecular flexibility index (Phi) is 8.21. The van der Waals surface area contributed by atoms with Crippen LogP contribution in [0.4, 0.5) is 0 Å². The molecule has 0 bridgehead atoms. The second-order valence-corrected chi connectivity index (χ2v) is 6.40. The maximum Gasteiger partial charge on any atom is 0.341 e. The Hall–Kier alpha value is -1.89. The van der Waals surface area contributed by atoms with Crippen LogP contribution < -0.4 is 0 Å². The standard InChI is InChI=1S/C15H20O6S/c16-13-7-4-3-6-12(13)15(19)21-9-11-22(20)10-5-1-2-8-14(17)18/h3-4,6-7,16H,1-2,5,8-11H2,(H,17,18). The van der Waals surface area contributed by atoms with Crippen LogP contribution in [0.15, 0.2) is 24.3 Å². The number of para-hydroxylation sites is 1. The predicted octanol–water partition coefficient (Wildman–Crippen LogP) is 1.94. The second kappa shape index (κ2) is 9.94. The SMILES string of the molecule is O=C(O)CCCCCS(=O)CCOC(=O)c1ccccc1O. The summed E-state index contributed by atoms with van der Waals surface area (Å²) >= 11 is 0. The van der Waals surface area contributed by atoms with E-state index in [1.165, 1.54) is 12.1 Å². The van der Waals surface area contributed by atoms with Crippen molar-refractivity contribution in [3.05, 3.63) is 29.8 Å². The van der Waals surface area contributed by atoms with Gasteiger partial charge in [-0.05, 0) is 25.0 Å². The number of carboxylic acids is 1. The van der Waals surface area contributed by atoms with Gasteiger partial charge >= 0.3 is 11.9 Å². The van der Waals surface area contributed by atoms with E-state index < -0.39 is 22.7 Å². The van der Waals surface area contributed by atoms with E-state index in [4.69, 9.17) is 9.84 Å². The lowest BCUT2D eigenvalue weighted by molar-refractivity contribution is -0.137. The summed E-state index contributed by atoms with van der Waals surface area (Å²) < 4.78 is 16.6. The number of unbranched alkanes of at least 4 members (excludes halogenated alkanes) is 2. The Morgan fingerprint density at radius 3 is 2.50 bits per heavy atom. The first-order chi connectivity index (χ1) is 10.5. The third kappa shape index (κ3) is 7.21. The van der Waals surface area contributed by atoms with Crippen LogP contribution in [0.25, 0.3) is 0 Å². The molecule has 1 unspecified atom stereocenters. The Morgan fingerprint density at radius 1 is 1.09 bits per heavy atom.